The fraction of sp³-hybridized carbons (Fsp3) is 0.500. The Morgan fingerprint density at radius 3 is 2.93 bits per heavy atom. The number of hydrogen-bond donors (Lipinski definition) is 1. The van der Waals surface area contributed by atoms with Crippen molar-refractivity contribution in [1.82, 2.24) is 5.32 Å². The van der Waals surface area contributed by atoms with Crippen LogP contribution in [0.25, 0.3) is 0 Å². The van der Waals surface area contributed by atoms with Gasteiger partial charge in [0.2, 0.25) is 0 Å². The van der Waals surface area contributed by atoms with Crippen LogP contribution in [0.5, 0.6) is 0 Å². The van der Waals surface area contributed by atoms with Gasteiger partial charge in [-0.05, 0) is 49.1 Å². The highest BCUT2D eigenvalue weighted by Crippen LogP contribution is 2.34. The van der Waals surface area contributed by atoms with Crippen LogP contribution in [0.4, 0.5) is 0 Å². The molecule has 1 nitrogen and oxygen atoms in total. The number of halogens is 1. The van der Waals surface area contributed by atoms with Gasteiger partial charge in [-0.2, -0.15) is 0 Å². The molecule has 1 aromatic rings. The molecule has 76 valence electrons. The lowest BCUT2D eigenvalue weighted by atomic mass is 9.81. The summed E-state index contributed by atoms with van der Waals surface area (Å²) in [4.78, 5) is 0. The van der Waals surface area contributed by atoms with Gasteiger partial charge < -0.3 is 5.32 Å². The van der Waals surface area contributed by atoms with Crippen molar-refractivity contribution in [1.29, 1.82) is 0 Å². The molecule has 0 saturated heterocycles. The van der Waals surface area contributed by atoms with Gasteiger partial charge in [0.05, 0.1) is 0 Å². The highest BCUT2D eigenvalue weighted by molar-refractivity contribution is 6.30. The maximum absolute atomic E-state index is 5.98. The molecule has 1 N–H and O–H groups in total. The number of rotatable bonds is 1. The van der Waals surface area contributed by atoms with Gasteiger partial charge in [0.15, 0.2) is 0 Å². The smallest absolute Gasteiger partial charge is 0.0408 e. The second-order valence-electron chi connectivity index (χ2n) is 4.13. The fourth-order valence-corrected chi connectivity index (χ4v) is 2.59. The van der Waals surface area contributed by atoms with E-state index >= 15 is 0 Å². The van der Waals surface area contributed by atoms with Crippen LogP contribution in [-0.4, -0.2) is 7.05 Å². The van der Waals surface area contributed by atoms with Crippen LogP contribution >= 0.6 is 11.6 Å². The lowest BCUT2D eigenvalue weighted by Gasteiger charge is -2.31. The second kappa shape index (κ2) is 3.92. The number of benzene rings is 1. The van der Waals surface area contributed by atoms with Crippen molar-refractivity contribution in [2.75, 3.05) is 7.05 Å². The van der Waals surface area contributed by atoms with Crippen LogP contribution in [0.2, 0.25) is 5.02 Å². The zero-order chi connectivity index (χ0) is 10.1. The summed E-state index contributed by atoms with van der Waals surface area (Å²) < 4.78 is 0. The average molecular weight is 210 g/mol. The van der Waals surface area contributed by atoms with E-state index in [0.717, 1.165) is 11.4 Å². The monoisotopic (exact) mass is 209 g/mol. The summed E-state index contributed by atoms with van der Waals surface area (Å²) in [5.41, 5.74) is 2.84. The van der Waals surface area contributed by atoms with Crippen molar-refractivity contribution in [3.8, 4) is 0 Å². The Labute approximate surface area is 90.5 Å². The minimum absolute atomic E-state index is 0.496. The highest BCUT2D eigenvalue weighted by atomic mass is 35.5. The average Bonchev–Trinajstić information content (AvgIpc) is 2.18. The second-order valence-corrected chi connectivity index (χ2v) is 4.56. The molecule has 0 bridgehead atoms. The molecule has 0 fully saturated rings. The largest absolute Gasteiger partial charge is 0.313 e. The normalized spacial score (nSPS) is 25.9. The Morgan fingerprint density at radius 2 is 2.21 bits per heavy atom. The van der Waals surface area contributed by atoms with E-state index in [1.807, 2.05) is 13.1 Å². The van der Waals surface area contributed by atoms with E-state index in [-0.39, 0.29) is 0 Å². The first-order valence-electron chi connectivity index (χ1n) is 5.18. The van der Waals surface area contributed by atoms with Crippen molar-refractivity contribution in [3.63, 3.8) is 0 Å². The van der Waals surface area contributed by atoms with E-state index in [2.05, 4.69) is 24.4 Å². The van der Waals surface area contributed by atoms with Crippen molar-refractivity contribution >= 4 is 11.6 Å². The Bertz CT molecular complexity index is 335. The SMILES string of the molecule is CNC1c2ccc(Cl)cc2CCC1C. The molecule has 0 saturated carbocycles. The molecule has 1 aliphatic rings. The van der Waals surface area contributed by atoms with Gasteiger partial charge in [-0.25, -0.2) is 0 Å². The molecule has 0 amide bonds. The molecule has 2 heteroatoms. The number of hydrogen-bond acceptors (Lipinski definition) is 1. The van der Waals surface area contributed by atoms with Crippen molar-refractivity contribution in [2.45, 2.75) is 25.8 Å². The molecule has 0 heterocycles. The summed E-state index contributed by atoms with van der Waals surface area (Å²) in [6, 6.07) is 6.75. The molecule has 1 aromatic carbocycles. The number of aryl methyl sites for hydroxylation is 1. The third kappa shape index (κ3) is 1.67. The van der Waals surface area contributed by atoms with Crippen molar-refractivity contribution in [3.05, 3.63) is 34.3 Å². The van der Waals surface area contributed by atoms with Gasteiger partial charge in [0.25, 0.3) is 0 Å². The van der Waals surface area contributed by atoms with Gasteiger partial charge in [-0.3, -0.25) is 0 Å². The van der Waals surface area contributed by atoms with E-state index in [0.29, 0.717) is 12.0 Å². The predicted molar refractivity (Wildman–Crippen MR) is 60.7 cm³/mol. The maximum Gasteiger partial charge on any atom is 0.0408 e. The van der Waals surface area contributed by atoms with Crippen LogP contribution in [0.3, 0.4) is 0 Å². The van der Waals surface area contributed by atoms with E-state index < -0.39 is 0 Å². The molecule has 1 aliphatic carbocycles. The first-order valence-corrected chi connectivity index (χ1v) is 5.55. The Balaban J connectivity index is 2.41. The van der Waals surface area contributed by atoms with Crippen LogP contribution in [0.1, 0.15) is 30.5 Å². The third-order valence-electron chi connectivity index (χ3n) is 3.19. The lowest BCUT2D eigenvalue weighted by molar-refractivity contribution is 0.364. The molecule has 2 unspecified atom stereocenters. The van der Waals surface area contributed by atoms with Crippen LogP contribution in [0.15, 0.2) is 18.2 Å². The van der Waals surface area contributed by atoms with Crippen molar-refractivity contribution in [2.24, 2.45) is 5.92 Å². The molecular weight excluding hydrogens is 194 g/mol. The quantitative estimate of drug-likeness (QED) is 0.749. The van der Waals surface area contributed by atoms with Gasteiger partial charge in [0, 0.05) is 11.1 Å². The molecule has 2 atom stereocenters. The van der Waals surface area contributed by atoms with Gasteiger partial charge in [-0.1, -0.05) is 24.6 Å². The van der Waals surface area contributed by atoms with E-state index in [9.17, 15) is 0 Å². The molecule has 0 radical (unpaired) electrons. The Kier molecular flexibility index (Phi) is 2.80. The molecule has 2 rings (SSSR count). The first-order chi connectivity index (χ1) is 6.72. The lowest BCUT2D eigenvalue weighted by Crippen LogP contribution is -2.28. The summed E-state index contributed by atoms with van der Waals surface area (Å²) in [5.74, 6) is 0.716. The van der Waals surface area contributed by atoms with Crippen LogP contribution < -0.4 is 5.32 Å². The van der Waals surface area contributed by atoms with Crippen LogP contribution in [0, 0.1) is 5.92 Å². The Morgan fingerprint density at radius 1 is 1.43 bits per heavy atom. The number of nitrogens with one attached hydrogen (secondary N) is 1. The van der Waals surface area contributed by atoms with E-state index in [1.165, 1.54) is 17.5 Å². The predicted octanol–water partition coefficient (Wildman–Crippen LogP) is 3.18. The topological polar surface area (TPSA) is 12.0 Å². The number of fused-ring (bicyclic) bond motifs is 1. The van der Waals surface area contributed by atoms with Gasteiger partial charge in [0.1, 0.15) is 0 Å². The Hall–Kier alpha value is -0.530. The molecule has 0 aliphatic heterocycles. The standard InChI is InChI=1S/C12H16ClN/c1-8-3-4-9-7-10(13)5-6-11(9)12(8)14-2/h5-8,12,14H,3-4H2,1-2H3. The highest BCUT2D eigenvalue weighted by Gasteiger charge is 2.24. The summed E-state index contributed by atoms with van der Waals surface area (Å²) in [7, 11) is 2.03. The zero-order valence-corrected chi connectivity index (χ0v) is 9.43. The minimum Gasteiger partial charge on any atom is -0.313 e. The summed E-state index contributed by atoms with van der Waals surface area (Å²) in [5, 5.41) is 4.24. The first kappa shape index (κ1) is 10.0. The summed E-state index contributed by atoms with van der Waals surface area (Å²) >= 11 is 5.98. The fourth-order valence-electron chi connectivity index (χ4n) is 2.39. The van der Waals surface area contributed by atoms with E-state index in [4.69, 9.17) is 11.6 Å². The third-order valence-corrected chi connectivity index (χ3v) is 3.42. The van der Waals surface area contributed by atoms with E-state index in [1.54, 1.807) is 0 Å². The maximum atomic E-state index is 5.98. The van der Waals surface area contributed by atoms with Crippen LogP contribution in [-0.2, 0) is 6.42 Å². The molecular formula is C12H16ClN. The molecule has 0 aromatic heterocycles. The summed E-state index contributed by atoms with van der Waals surface area (Å²) in [6.07, 6.45) is 2.41. The molecule has 0 spiro atoms. The van der Waals surface area contributed by atoms with Crippen molar-refractivity contribution < 1.29 is 0 Å². The minimum atomic E-state index is 0.496. The van der Waals surface area contributed by atoms with Gasteiger partial charge >= 0.3 is 0 Å². The molecule has 14 heavy (non-hydrogen) atoms. The summed E-state index contributed by atoms with van der Waals surface area (Å²) in [6.45, 7) is 2.30. The zero-order valence-electron chi connectivity index (χ0n) is 8.68. The van der Waals surface area contributed by atoms with Gasteiger partial charge in [-0.15, -0.1) is 0 Å².